The Morgan fingerprint density at radius 1 is 1.24 bits per heavy atom. The first-order chi connectivity index (χ1) is 10.0. The Bertz CT molecular complexity index is 575. The Labute approximate surface area is 120 Å². The molecule has 1 unspecified atom stereocenters. The first-order valence-electron chi connectivity index (χ1n) is 6.35. The Hall–Kier alpha value is -2.15. The van der Waals surface area contributed by atoms with E-state index in [4.69, 9.17) is 0 Å². The summed E-state index contributed by atoms with van der Waals surface area (Å²) in [7, 11) is 0. The molecule has 0 spiro atoms. The van der Waals surface area contributed by atoms with Crippen molar-refractivity contribution < 1.29 is 17.9 Å². The van der Waals surface area contributed by atoms with Crippen LogP contribution in [0.3, 0.4) is 0 Å². The molecule has 0 bridgehead atoms. The van der Waals surface area contributed by atoms with E-state index in [0.29, 0.717) is 17.8 Å². The van der Waals surface area contributed by atoms with Crippen molar-refractivity contribution >= 4 is 0 Å². The molecule has 21 heavy (non-hydrogen) atoms. The Morgan fingerprint density at radius 3 is 2.62 bits per heavy atom. The van der Waals surface area contributed by atoms with Gasteiger partial charge in [0.25, 0.3) is 0 Å². The predicted molar refractivity (Wildman–Crippen MR) is 70.7 cm³/mol. The van der Waals surface area contributed by atoms with E-state index in [9.17, 15) is 13.2 Å². The van der Waals surface area contributed by atoms with Gasteiger partial charge in [-0.2, -0.15) is 0 Å². The highest BCUT2D eigenvalue weighted by Gasteiger charge is 2.33. The molecule has 0 aliphatic heterocycles. The largest absolute Gasteiger partial charge is 0.573 e. The third-order valence-electron chi connectivity index (χ3n) is 2.76. The van der Waals surface area contributed by atoms with Crippen molar-refractivity contribution in [1.82, 2.24) is 15.3 Å². The third kappa shape index (κ3) is 4.16. The maximum atomic E-state index is 12.5. The lowest BCUT2D eigenvalue weighted by atomic mass is 10.0. The monoisotopic (exact) mass is 297 g/mol. The summed E-state index contributed by atoms with van der Waals surface area (Å²) < 4.78 is 41.6. The SMILES string of the molecule is CCNC(c1ccncn1)c1ccccc1OC(F)(F)F. The van der Waals surface area contributed by atoms with Gasteiger partial charge in [-0.05, 0) is 18.7 Å². The summed E-state index contributed by atoms with van der Waals surface area (Å²) in [5, 5.41) is 3.10. The smallest absolute Gasteiger partial charge is 0.405 e. The number of hydrogen-bond donors (Lipinski definition) is 1. The summed E-state index contributed by atoms with van der Waals surface area (Å²) >= 11 is 0. The van der Waals surface area contributed by atoms with Gasteiger partial charge in [-0.25, -0.2) is 9.97 Å². The van der Waals surface area contributed by atoms with Gasteiger partial charge < -0.3 is 10.1 Å². The van der Waals surface area contributed by atoms with Gasteiger partial charge >= 0.3 is 6.36 Å². The first-order valence-corrected chi connectivity index (χ1v) is 6.35. The van der Waals surface area contributed by atoms with Crippen molar-refractivity contribution in [2.45, 2.75) is 19.3 Å². The molecule has 0 aliphatic carbocycles. The van der Waals surface area contributed by atoms with E-state index < -0.39 is 12.4 Å². The minimum atomic E-state index is -4.74. The van der Waals surface area contributed by atoms with Gasteiger partial charge in [-0.1, -0.05) is 25.1 Å². The fourth-order valence-electron chi connectivity index (χ4n) is 1.99. The van der Waals surface area contributed by atoms with Crippen LogP contribution in [0.25, 0.3) is 0 Å². The zero-order chi connectivity index (χ0) is 15.3. The summed E-state index contributed by atoms with van der Waals surface area (Å²) in [6.07, 6.45) is -1.84. The lowest BCUT2D eigenvalue weighted by Gasteiger charge is -2.21. The van der Waals surface area contributed by atoms with Crippen LogP contribution in [0.1, 0.15) is 24.2 Å². The predicted octanol–water partition coefficient (Wildman–Crippen LogP) is 3.07. The molecule has 0 saturated heterocycles. The second kappa shape index (κ2) is 6.53. The number of rotatable bonds is 5. The summed E-state index contributed by atoms with van der Waals surface area (Å²) in [4.78, 5) is 7.91. The minimum absolute atomic E-state index is 0.241. The second-order valence-corrected chi connectivity index (χ2v) is 4.21. The van der Waals surface area contributed by atoms with Gasteiger partial charge in [0.1, 0.15) is 12.1 Å². The molecule has 1 aromatic heterocycles. The Balaban J connectivity index is 2.41. The van der Waals surface area contributed by atoms with E-state index in [1.165, 1.54) is 18.5 Å². The van der Waals surface area contributed by atoms with E-state index in [1.54, 1.807) is 24.4 Å². The number of ether oxygens (including phenoxy) is 1. The molecule has 2 rings (SSSR count). The zero-order valence-electron chi connectivity index (χ0n) is 11.3. The van der Waals surface area contributed by atoms with Crippen molar-refractivity contribution in [2.75, 3.05) is 6.54 Å². The van der Waals surface area contributed by atoms with Gasteiger partial charge in [-0.3, -0.25) is 0 Å². The number of hydrogen-bond acceptors (Lipinski definition) is 4. The van der Waals surface area contributed by atoms with Crippen LogP contribution in [-0.4, -0.2) is 22.9 Å². The molecule has 1 atom stereocenters. The number of para-hydroxylation sites is 1. The summed E-state index contributed by atoms with van der Waals surface area (Å²) in [5.41, 5.74) is 0.945. The van der Waals surface area contributed by atoms with E-state index in [1.807, 2.05) is 6.92 Å². The van der Waals surface area contributed by atoms with Gasteiger partial charge in [0.05, 0.1) is 11.7 Å². The van der Waals surface area contributed by atoms with Gasteiger partial charge in [0.15, 0.2) is 0 Å². The van der Waals surface area contributed by atoms with Gasteiger partial charge in [0, 0.05) is 11.8 Å². The van der Waals surface area contributed by atoms with Crippen LogP contribution in [0, 0.1) is 0 Å². The normalized spacial score (nSPS) is 13.0. The second-order valence-electron chi connectivity index (χ2n) is 4.21. The quantitative estimate of drug-likeness (QED) is 0.921. The molecule has 1 heterocycles. The highest BCUT2D eigenvalue weighted by molar-refractivity contribution is 5.39. The summed E-state index contributed by atoms with van der Waals surface area (Å²) in [6.45, 7) is 2.43. The molecule has 1 aromatic carbocycles. The third-order valence-corrected chi connectivity index (χ3v) is 2.76. The van der Waals surface area contributed by atoms with Crippen LogP contribution in [0.5, 0.6) is 5.75 Å². The van der Waals surface area contributed by atoms with E-state index in [2.05, 4.69) is 20.0 Å². The number of halogens is 3. The van der Waals surface area contributed by atoms with Crippen LogP contribution in [0.4, 0.5) is 13.2 Å². The highest BCUT2D eigenvalue weighted by Crippen LogP contribution is 2.32. The summed E-state index contributed by atoms with van der Waals surface area (Å²) in [5.74, 6) is -0.241. The molecule has 0 radical (unpaired) electrons. The number of aromatic nitrogens is 2. The standard InChI is InChI=1S/C14H14F3N3O/c1-2-19-13(11-7-8-18-9-20-11)10-5-3-4-6-12(10)21-14(15,16)17/h3-9,13,19H,2H2,1H3. The average molecular weight is 297 g/mol. The zero-order valence-corrected chi connectivity index (χ0v) is 11.3. The van der Waals surface area contributed by atoms with Crippen molar-refractivity contribution in [3.05, 3.63) is 54.1 Å². The fraction of sp³-hybridized carbons (Fsp3) is 0.286. The van der Waals surface area contributed by atoms with Crippen molar-refractivity contribution in [3.8, 4) is 5.75 Å². The highest BCUT2D eigenvalue weighted by atomic mass is 19.4. The molecule has 2 aromatic rings. The number of nitrogens with zero attached hydrogens (tertiary/aromatic N) is 2. The number of nitrogens with one attached hydrogen (secondary N) is 1. The molecule has 0 saturated carbocycles. The topological polar surface area (TPSA) is 47.0 Å². The van der Waals surface area contributed by atoms with Crippen LogP contribution in [-0.2, 0) is 0 Å². The van der Waals surface area contributed by atoms with E-state index in [0.717, 1.165) is 0 Å². The van der Waals surface area contributed by atoms with Crippen LogP contribution < -0.4 is 10.1 Å². The summed E-state index contributed by atoms with van der Waals surface area (Å²) in [6, 6.07) is 7.16. The average Bonchev–Trinajstić information content (AvgIpc) is 2.45. The molecule has 0 amide bonds. The maximum absolute atomic E-state index is 12.5. The molecular formula is C14H14F3N3O. The molecule has 7 heteroatoms. The molecule has 4 nitrogen and oxygen atoms in total. The van der Waals surface area contributed by atoms with Crippen LogP contribution in [0.2, 0.25) is 0 Å². The lowest BCUT2D eigenvalue weighted by Crippen LogP contribution is -2.25. The molecular weight excluding hydrogens is 283 g/mol. The van der Waals surface area contributed by atoms with E-state index >= 15 is 0 Å². The number of benzene rings is 1. The Morgan fingerprint density at radius 2 is 2.00 bits per heavy atom. The van der Waals surface area contributed by atoms with Crippen molar-refractivity contribution in [1.29, 1.82) is 0 Å². The fourth-order valence-corrected chi connectivity index (χ4v) is 1.99. The van der Waals surface area contributed by atoms with Gasteiger partial charge in [-0.15, -0.1) is 13.2 Å². The van der Waals surface area contributed by atoms with Crippen LogP contribution in [0.15, 0.2) is 42.9 Å². The minimum Gasteiger partial charge on any atom is -0.405 e. The van der Waals surface area contributed by atoms with Gasteiger partial charge in [0.2, 0.25) is 0 Å². The van der Waals surface area contributed by atoms with E-state index in [-0.39, 0.29) is 5.75 Å². The van der Waals surface area contributed by atoms with Crippen LogP contribution >= 0.6 is 0 Å². The molecule has 0 aliphatic rings. The number of alkyl halides is 3. The first kappa shape index (κ1) is 15.2. The molecule has 1 N–H and O–H groups in total. The Kier molecular flexibility index (Phi) is 4.74. The lowest BCUT2D eigenvalue weighted by molar-refractivity contribution is -0.275. The molecule has 0 fully saturated rings. The maximum Gasteiger partial charge on any atom is 0.573 e. The van der Waals surface area contributed by atoms with Crippen molar-refractivity contribution in [2.24, 2.45) is 0 Å². The van der Waals surface area contributed by atoms with Crippen molar-refractivity contribution in [3.63, 3.8) is 0 Å². The molecule has 112 valence electrons.